The van der Waals surface area contributed by atoms with Crippen LogP contribution in [0.25, 0.3) is 6.08 Å². The Morgan fingerprint density at radius 2 is 1.94 bits per heavy atom. The third-order valence-electron chi connectivity index (χ3n) is 2.80. The van der Waals surface area contributed by atoms with Gasteiger partial charge in [0.15, 0.2) is 0 Å². The third kappa shape index (κ3) is 4.21. The van der Waals surface area contributed by atoms with E-state index >= 15 is 0 Å². The number of aromatic hydroxyl groups is 1. The molecule has 1 aliphatic heterocycles. The molecule has 2 rings (SSSR count). The zero-order chi connectivity index (χ0) is 11.9. The summed E-state index contributed by atoms with van der Waals surface area (Å²) < 4.78 is 11.0. The van der Waals surface area contributed by atoms with E-state index in [0.29, 0.717) is 18.5 Å². The maximum Gasteiger partial charge on any atom is 0.115 e. The van der Waals surface area contributed by atoms with Crippen molar-refractivity contribution in [2.45, 2.75) is 18.9 Å². The van der Waals surface area contributed by atoms with Crippen LogP contribution in [-0.2, 0) is 9.47 Å². The standard InChI is InChI=1S/C14H18O3/c15-13-5-3-12(4-6-13)2-1-9-17-14-7-10-16-11-8-14/h1-6,14-15H,7-11H2/b2-1+. The molecule has 1 fully saturated rings. The van der Waals surface area contributed by atoms with Crippen LogP contribution < -0.4 is 0 Å². The van der Waals surface area contributed by atoms with E-state index in [-0.39, 0.29) is 0 Å². The minimum Gasteiger partial charge on any atom is -0.508 e. The smallest absolute Gasteiger partial charge is 0.115 e. The van der Waals surface area contributed by atoms with Gasteiger partial charge in [-0.15, -0.1) is 0 Å². The molecule has 0 aromatic heterocycles. The molecule has 1 heterocycles. The Morgan fingerprint density at radius 3 is 2.65 bits per heavy atom. The minimum absolute atomic E-state index is 0.292. The first kappa shape index (κ1) is 12.1. The van der Waals surface area contributed by atoms with E-state index in [1.165, 1.54) is 0 Å². The lowest BCUT2D eigenvalue weighted by Gasteiger charge is -2.21. The number of phenols is 1. The minimum atomic E-state index is 0.292. The molecule has 92 valence electrons. The van der Waals surface area contributed by atoms with Crippen molar-refractivity contribution in [2.75, 3.05) is 19.8 Å². The summed E-state index contributed by atoms with van der Waals surface area (Å²) in [6.07, 6.45) is 6.33. The Kier molecular flexibility index (Phi) is 4.59. The highest BCUT2D eigenvalue weighted by atomic mass is 16.5. The van der Waals surface area contributed by atoms with Crippen LogP contribution in [0.5, 0.6) is 5.75 Å². The van der Waals surface area contributed by atoms with Crippen LogP contribution in [0, 0.1) is 0 Å². The van der Waals surface area contributed by atoms with Crippen LogP contribution in [0.3, 0.4) is 0 Å². The van der Waals surface area contributed by atoms with Crippen molar-refractivity contribution in [2.24, 2.45) is 0 Å². The topological polar surface area (TPSA) is 38.7 Å². The molecule has 0 aliphatic carbocycles. The lowest BCUT2D eigenvalue weighted by atomic mass is 10.1. The third-order valence-corrected chi connectivity index (χ3v) is 2.80. The Labute approximate surface area is 102 Å². The van der Waals surface area contributed by atoms with E-state index in [2.05, 4.69) is 0 Å². The van der Waals surface area contributed by atoms with Crippen LogP contribution in [-0.4, -0.2) is 31.0 Å². The Morgan fingerprint density at radius 1 is 1.24 bits per heavy atom. The van der Waals surface area contributed by atoms with E-state index in [0.717, 1.165) is 31.6 Å². The molecule has 3 nitrogen and oxygen atoms in total. The van der Waals surface area contributed by atoms with Gasteiger partial charge in [0.25, 0.3) is 0 Å². The second kappa shape index (κ2) is 6.42. The van der Waals surface area contributed by atoms with Gasteiger partial charge in [-0.3, -0.25) is 0 Å². The summed E-state index contributed by atoms with van der Waals surface area (Å²) in [5, 5.41) is 9.14. The molecule has 0 amide bonds. The van der Waals surface area contributed by atoms with E-state index in [4.69, 9.17) is 14.6 Å². The highest BCUT2D eigenvalue weighted by Gasteiger charge is 2.12. The molecule has 0 spiro atoms. The van der Waals surface area contributed by atoms with Crippen molar-refractivity contribution >= 4 is 6.08 Å². The van der Waals surface area contributed by atoms with Crippen molar-refractivity contribution in [3.05, 3.63) is 35.9 Å². The summed E-state index contributed by atoms with van der Waals surface area (Å²) in [4.78, 5) is 0. The molecule has 1 saturated heterocycles. The predicted octanol–water partition coefficient (Wildman–Crippen LogP) is 2.60. The second-order valence-electron chi connectivity index (χ2n) is 4.14. The molecule has 1 aromatic rings. The molecule has 0 unspecified atom stereocenters. The molecule has 0 saturated carbocycles. The predicted molar refractivity (Wildman–Crippen MR) is 66.9 cm³/mol. The Hall–Kier alpha value is -1.32. The van der Waals surface area contributed by atoms with E-state index in [1.807, 2.05) is 24.3 Å². The van der Waals surface area contributed by atoms with Gasteiger partial charge < -0.3 is 14.6 Å². The van der Waals surface area contributed by atoms with Gasteiger partial charge >= 0.3 is 0 Å². The summed E-state index contributed by atoms with van der Waals surface area (Å²) >= 11 is 0. The molecule has 0 atom stereocenters. The molecule has 17 heavy (non-hydrogen) atoms. The zero-order valence-corrected chi connectivity index (χ0v) is 9.84. The molecule has 3 heteroatoms. The monoisotopic (exact) mass is 234 g/mol. The van der Waals surface area contributed by atoms with Gasteiger partial charge in [-0.05, 0) is 30.5 Å². The first-order valence-electron chi connectivity index (χ1n) is 5.99. The number of hydrogen-bond donors (Lipinski definition) is 1. The number of hydrogen-bond acceptors (Lipinski definition) is 3. The summed E-state index contributed by atoms with van der Waals surface area (Å²) in [5.41, 5.74) is 1.07. The van der Waals surface area contributed by atoms with Gasteiger partial charge in [0, 0.05) is 13.2 Å². The molecule has 1 N–H and O–H groups in total. The maximum atomic E-state index is 9.14. The van der Waals surface area contributed by atoms with Crippen molar-refractivity contribution in [3.63, 3.8) is 0 Å². The highest BCUT2D eigenvalue weighted by molar-refractivity contribution is 5.50. The summed E-state index contributed by atoms with van der Waals surface area (Å²) in [6, 6.07) is 7.11. The van der Waals surface area contributed by atoms with Crippen LogP contribution >= 0.6 is 0 Å². The number of phenolic OH excluding ortho intramolecular Hbond substituents is 1. The normalized spacial score (nSPS) is 17.6. The van der Waals surface area contributed by atoms with Crippen LogP contribution in [0.2, 0.25) is 0 Å². The molecule has 0 radical (unpaired) electrons. The van der Waals surface area contributed by atoms with E-state index in [9.17, 15) is 0 Å². The van der Waals surface area contributed by atoms with Crippen LogP contribution in [0.1, 0.15) is 18.4 Å². The van der Waals surface area contributed by atoms with Crippen molar-refractivity contribution < 1.29 is 14.6 Å². The number of ether oxygens (including phenoxy) is 2. The van der Waals surface area contributed by atoms with Crippen LogP contribution in [0.15, 0.2) is 30.3 Å². The van der Waals surface area contributed by atoms with Crippen molar-refractivity contribution in [1.29, 1.82) is 0 Å². The molecule has 1 aliphatic rings. The largest absolute Gasteiger partial charge is 0.508 e. The average Bonchev–Trinajstić information content (AvgIpc) is 2.38. The summed E-state index contributed by atoms with van der Waals surface area (Å²) in [7, 11) is 0. The Bertz CT molecular complexity index is 350. The molecular formula is C14H18O3. The fourth-order valence-electron chi connectivity index (χ4n) is 1.80. The van der Waals surface area contributed by atoms with Crippen molar-refractivity contribution in [1.82, 2.24) is 0 Å². The maximum absolute atomic E-state index is 9.14. The van der Waals surface area contributed by atoms with Crippen molar-refractivity contribution in [3.8, 4) is 5.75 Å². The van der Waals surface area contributed by atoms with Gasteiger partial charge in [0.05, 0.1) is 12.7 Å². The SMILES string of the molecule is Oc1ccc(/C=C/COC2CCOCC2)cc1. The first-order chi connectivity index (χ1) is 8.34. The average molecular weight is 234 g/mol. The number of benzene rings is 1. The van der Waals surface area contributed by atoms with Gasteiger partial charge in [-0.25, -0.2) is 0 Å². The molecule has 0 bridgehead atoms. The molecule has 1 aromatic carbocycles. The first-order valence-corrected chi connectivity index (χ1v) is 5.99. The van der Waals surface area contributed by atoms with E-state index in [1.54, 1.807) is 12.1 Å². The summed E-state index contributed by atoms with van der Waals surface area (Å²) in [6.45, 7) is 2.25. The number of rotatable bonds is 4. The fourth-order valence-corrected chi connectivity index (χ4v) is 1.80. The van der Waals surface area contributed by atoms with Gasteiger partial charge in [0.1, 0.15) is 5.75 Å². The van der Waals surface area contributed by atoms with Gasteiger partial charge in [0.2, 0.25) is 0 Å². The lowest BCUT2D eigenvalue weighted by Crippen LogP contribution is -2.23. The van der Waals surface area contributed by atoms with Gasteiger partial charge in [-0.1, -0.05) is 24.3 Å². The quantitative estimate of drug-likeness (QED) is 0.870. The van der Waals surface area contributed by atoms with Gasteiger partial charge in [-0.2, -0.15) is 0 Å². The van der Waals surface area contributed by atoms with E-state index < -0.39 is 0 Å². The fraction of sp³-hybridized carbons (Fsp3) is 0.429. The second-order valence-corrected chi connectivity index (χ2v) is 4.14. The Balaban J connectivity index is 1.72. The lowest BCUT2D eigenvalue weighted by molar-refractivity contribution is -0.0220. The highest BCUT2D eigenvalue weighted by Crippen LogP contribution is 2.12. The van der Waals surface area contributed by atoms with Crippen LogP contribution in [0.4, 0.5) is 0 Å². The summed E-state index contributed by atoms with van der Waals surface area (Å²) in [5.74, 6) is 0.292. The zero-order valence-electron chi connectivity index (χ0n) is 9.84. The molecular weight excluding hydrogens is 216 g/mol.